The van der Waals surface area contributed by atoms with E-state index in [0.29, 0.717) is 13.1 Å². The summed E-state index contributed by atoms with van der Waals surface area (Å²) >= 11 is 0. The molecule has 0 aliphatic carbocycles. The number of nitrogens with zero attached hydrogens (tertiary/aromatic N) is 3. The average molecular weight is 274 g/mol. The van der Waals surface area contributed by atoms with Crippen LogP contribution < -0.4 is 10.2 Å². The van der Waals surface area contributed by atoms with E-state index in [2.05, 4.69) is 26.8 Å². The zero-order valence-electron chi connectivity index (χ0n) is 12.2. The molecule has 1 amide bonds. The second kappa shape index (κ2) is 6.50. The zero-order valence-corrected chi connectivity index (χ0v) is 12.2. The molecule has 1 atom stereocenters. The maximum atomic E-state index is 12.0. The molecule has 1 aromatic heterocycles. The lowest BCUT2D eigenvalue weighted by Crippen LogP contribution is -2.43. The Morgan fingerprint density at radius 2 is 2.20 bits per heavy atom. The zero-order chi connectivity index (χ0) is 14.5. The number of anilines is 1. The van der Waals surface area contributed by atoms with Crippen LogP contribution in [0.25, 0.3) is 0 Å². The van der Waals surface area contributed by atoms with Gasteiger partial charge >= 0.3 is 0 Å². The average Bonchev–Trinajstić information content (AvgIpc) is 2.44. The maximum Gasteiger partial charge on any atom is 0.225 e. The highest BCUT2D eigenvalue weighted by atomic mass is 16.1. The van der Waals surface area contributed by atoms with E-state index in [0.717, 1.165) is 36.7 Å². The van der Waals surface area contributed by atoms with Gasteiger partial charge in [0, 0.05) is 31.0 Å². The summed E-state index contributed by atoms with van der Waals surface area (Å²) in [5, 5.41) is 2.87. The van der Waals surface area contributed by atoms with Gasteiger partial charge in [-0.3, -0.25) is 4.79 Å². The highest BCUT2D eigenvalue weighted by Crippen LogP contribution is 2.21. The molecule has 2 rings (SSSR count). The van der Waals surface area contributed by atoms with Gasteiger partial charge in [-0.15, -0.1) is 6.58 Å². The molecule has 0 bridgehead atoms. The van der Waals surface area contributed by atoms with Crippen molar-refractivity contribution in [3.8, 4) is 0 Å². The van der Waals surface area contributed by atoms with Gasteiger partial charge < -0.3 is 10.2 Å². The first-order chi connectivity index (χ1) is 9.60. The predicted molar refractivity (Wildman–Crippen MR) is 79.6 cm³/mol. The van der Waals surface area contributed by atoms with Crippen LogP contribution in [0.15, 0.2) is 18.7 Å². The van der Waals surface area contributed by atoms with Crippen molar-refractivity contribution in [1.82, 2.24) is 15.3 Å². The van der Waals surface area contributed by atoms with Gasteiger partial charge in [-0.2, -0.15) is 0 Å². The molecule has 1 saturated heterocycles. The number of aromatic nitrogens is 2. The molecule has 1 aromatic rings. The van der Waals surface area contributed by atoms with E-state index in [-0.39, 0.29) is 11.8 Å². The van der Waals surface area contributed by atoms with Crippen molar-refractivity contribution in [2.75, 3.05) is 24.5 Å². The van der Waals surface area contributed by atoms with Crippen LogP contribution >= 0.6 is 0 Å². The molecule has 108 valence electrons. The summed E-state index contributed by atoms with van der Waals surface area (Å²) in [6, 6.07) is 1.96. The molecule has 1 fully saturated rings. The molecule has 20 heavy (non-hydrogen) atoms. The van der Waals surface area contributed by atoms with Crippen LogP contribution in [0.1, 0.15) is 24.2 Å². The van der Waals surface area contributed by atoms with Crippen molar-refractivity contribution in [3.05, 3.63) is 30.1 Å². The van der Waals surface area contributed by atoms with E-state index in [1.165, 1.54) is 0 Å². The Hall–Kier alpha value is -1.91. The van der Waals surface area contributed by atoms with Crippen molar-refractivity contribution in [3.63, 3.8) is 0 Å². The lowest BCUT2D eigenvalue weighted by Gasteiger charge is -2.32. The Labute approximate surface area is 120 Å². The Balaban J connectivity index is 2.06. The fourth-order valence-electron chi connectivity index (χ4n) is 2.54. The Morgan fingerprint density at radius 1 is 1.50 bits per heavy atom. The quantitative estimate of drug-likeness (QED) is 0.848. The van der Waals surface area contributed by atoms with E-state index < -0.39 is 0 Å². The van der Waals surface area contributed by atoms with E-state index in [9.17, 15) is 4.79 Å². The smallest absolute Gasteiger partial charge is 0.225 e. The molecule has 1 aliphatic rings. The molecular formula is C15H22N4O. The fraction of sp³-hybridized carbons (Fsp3) is 0.533. The SMILES string of the molecule is C=CCNC(=O)[C@H]1CCCN(c2nc(C)cc(C)n2)C1. The van der Waals surface area contributed by atoms with E-state index in [1.807, 2.05) is 19.9 Å². The van der Waals surface area contributed by atoms with Crippen molar-refractivity contribution < 1.29 is 4.79 Å². The molecule has 5 heteroatoms. The minimum Gasteiger partial charge on any atom is -0.352 e. The minimum absolute atomic E-state index is 0.00752. The maximum absolute atomic E-state index is 12.0. The normalized spacial score (nSPS) is 18.7. The van der Waals surface area contributed by atoms with Crippen LogP contribution in [0.4, 0.5) is 5.95 Å². The van der Waals surface area contributed by atoms with Crippen molar-refractivity contribution >= 4 is 11.9 Å². The van der Waals surface area contributed by atoms with Gasteiger partial charge in [0.2, 0.25) is 11.9 Å². The summed E-state index contributed by atoms with van der Waals surface area (Å²) in [7, 11) is 0. The van der Waals surface area contributed by atoms with Crippen LogP contribution in [0.2, 0.25) is 0 Å². The highest BCUT2D eigenvalue weighted by Gasteiger charge is 2.26. The summed E-state index contributed by atoms with van der Waals surface area (Å²) in [6.45, 7) is 9.67. The van der Waals surface area contributed by atoms with Crippen molar-refractivity contribution in [2.45, 2.75) is 26.7 Å². The molecule has 0 unspecified atom stereocenters. The summed E-state index contributed by atoms with van der Waals surface area (Å²) in [6.07, 6.45) is 3.61. The Bertz CT molecular complexity index is 480. The number of carbonyl (C=O) groups excluding carboxylic acids is 1. The van der Waals surface area contributed by atoms with E-state index in [4.69, 9.17) is 0 Å². The number of amides is 1. The molecule has 5 nitrogen and oxygen atoms in total. The third-order valence-corrected chi connectivity index (χ3v) is 3.47. The lowest BCUT2D eigenvalue weighted by molar-refractivity contribution is -0.125. The first kappa shape index (κ1) is 14.5. The van der Waals surface area contributed by atoms with Crippen LogP contribution in [-0.2, 0) is 4.79 Å². The molecule has 0 radical (unpaired) electrons. The van der Waals surface area contributed by atoms with Gasteiger partial charge in [0.1, 0.15) is 0 Å². The topological polar surface area (TPSA) is 58.1 Å². The van der Waals surface area contributed by atoms with E-state index >= 15 is 0 Å². The molecule has 0 saturated carbocycles. The third-order valence-electron chi connectivity index (χ3n) is 3.47. The second-order valence-electron chi connectivity index (χ2n) is 5.27. The number of nitrogens with one attached hydrogen (secondary N) is 1. The van der Waals surface area contributed by atoms with Gasteiger partial charge in [0.15, 0.2) is 0 Å². The largest absolute Gasteiger partial charge is 0.352 e. The molecule has 2 heterocycles. The second-order valence-corrected chi connectivity index (χ2v) is 5.27. The number of carbonyl (C=O) groups is 1. The van der Waals surface area contributed by atoms with Gasteiger partial charge in [0.25, 0.3) is 0 Å². The fourth-order valence-corrected chi connectivity index (χ4v) is 2.54. The number of aryl methyl sites for hydroxylation is 2. The minimum atomic E-state index is 0.00752. The first-order valence-electron chi connectivity index (χ1n) is 7.06. The third kappa shape index (κ3) is 3.56. The Kier molecular flexibility index (Phi) is 4.71. The van der Waals surface area contributed by atoms with Crippen LogP contribution in [0.5, 0.6) is 0 Å². The molecular weight excluding hydrogens is 252 g/mol. The van der Waals surface area contributed by atoms with Crippen LogP contribution in [0, 0.1) is 19.8 Å². The van der Waals surface area contributed by atoms with Gasteiger partial charge in [-0.1, -0.05) is 6.08 Å². The molecule has 0 aromatic carbocycles. The van der Waals surface area contributed by atoms with E-state index in [1.54, 1.807) is 6.08 Å². The van der Waals surface area contributed by atoms with Crippen molar-refractivity contribution in [2.24, 2.45) is 5.92 Å². The highest BCUT2D eigenvalue weighted by molar-refractivity contribution is 5.79. The number of hydrogen-bond acceptors (Lipinski definition) is 4. The van der Waals surface area contributed by atoms with Crippen molar-refractivity contribution in [1.29, 1.82) is 0 Å². The summed E-state index contributed by atoms with van der Waals surface area (Å²) < 4.78 is 0. The van der Waals surface area contributed by atoms with Gasteiger partial charge in [-0.25, -0.2) is 9.97 Å². The standard InChI is InChI=1S/C15H22N4O/c1-4-7-16-14(20)13-6-5-8-19(10-13)15-17-11(2)9-12(3)18-15/h4,9,13H,1,5-8,10H2,2-3H3,(H,16,20)/t13-/m0/s1. The lowest BCUT2D eigenvalue weighted by atomic mass is 9.97. The summed E-state index contributed by atoms with van der Waals surface area (Å²) in [5.74, 6) is 0.843. The first-order valence-corrected chi connectivity index (χ1v) is 7.06. The molecule has 0 spiro atoms. The molecule has 1 aliphatic heterocycles. The number of piperidine rings is 1. The Morgan fingerprint density at radius 3 is 2.85 bits per heavy atom. The summed E-state index contributed by atoms with van der Waals surface area (Å²) in [4.78, 5) is 23.1. The number of hydrogen-bond donors (Lipinski definition) is 1. The van der Waals surface area contributed by atoms with Gasteiger partial charge in [0.05, 0.1) is 5.92 Å². The van der Waals surface area contributed by atoms with Gasteiger partial charge in [-0.05, 0) is 32.8 Å². The predicted octanol–water partition coefficient (Wildman–Crippen LogP) is 1.61. The molecule has 1 N–H and O–H groups in total. The monoisotopic (exact) mass is 274 g/mol. The summed E-state index contributed by atoms with van der Waals surface area (Å²) in [5.41, 5.74) is 1.93. The van der Waals surface area contributed by atoms with Crippen LogP contribution in [-0.4, -0.2) is 35.5 Å². The van der Waals surface area contributed by atoms with Crippen LogP contribution in [0.3, 0.4) is 0 Å². The number of rotatable bonds is 4.